The largest absolute Gasteiger partial charge is 0.292 e. The summed E-state index contributed by atoms with van der Waals surface area (Å²) in [6.07, 6.45) is 0. The van der Waals surface area contributed by atoms with Crippen molar-refractivity contribution in [3.63, 3.8) is 0 Å². The van der Waals surface area contributed by atoms with Gasteiger partial charge in [-0.25, -0.2) is 0 Å². The van der Waals surface area contributed by atoms with E-state index >= 15 is 0 Å². The number of thiol groups is 1. The van der Waals surface area contributed by atoms with Gasteiger partial charge in [-0.1, -0.05) is 85.1 Å². The highest BCUT2D eigenvalue weighted by molar-refractivity contribution is 7.96. The first kappa shape index (κ1) is 16.9. The fraction of sp³-hybridized carbons (Fsp3) is 0.0455. The summed E-state index contributed by atoms with van der Waals surface area (Å²) in [5.41, 5.74) is 4.04. The number of anilines is 1. The molecule has 0 unspecified atom stereocenters. The number of rotatable bonds is 3. The van der Waals surface area contributed by atoms with E-state index in [2.05, 4.69) is 48.7 Å². The van der Waals surface area contributed by atoms with E-state index in [-0.39, 0.29) is 5.24 Å². The molecule has 0 aliphatic rings. The predicted molar refractivity (Wildman–Crippen MR) is 107 cm³/mol. The van der Waals surface area contributed by atoms with E-state index in [0.29, 0.717) is 6.54 Å². The lowest BCUT2D eigenvalue weighted by Gasteiger charge is -2.17. The van der Waals surface area contributed by atoms with E-state index in [4.69, 9.17) is 0 Å². The molecule has 3 heteroatoms. The average molecular weight is 343 g/mol. The lowest BCUT2D eigenvalue weighted by molar-refractivity contribution is 0.266. The summed E-state index contributed by atoms with van der Waals surface area (Å²) in [5, 5.41) is -0.320. The van der Waals surface area contributed by atoms with Gasteiger partial charge in [0.1, 0.15) is 0 Å². The lowest BCUT2D eigenvalue weighted by Crippen LogP contribution is -2.26. The Hall–Kier alpha value is -2.96. The second kappa shape index (κ2) is 8.23. The molecule has 3 rings (SSSR count). The molecule has 0 radical (unpaired) electrons. The SMILES string of the molecule is O=C(S)N(CC#Cc1ccc(-c2ccccc2)cc1)c1ccccc1. The van der Waals surface area contributed by atoms with Gasteiger partial charge >= 0.3 is 0 Å². The summed E-state index contributed by atoms with van der Waals surface area (Å²) in [6.45, 7) is 0.298. The maximum atomic E-state index is 11.7. The number of amides is 1. The van der Waals surface area contributed by atoms with Crippen LogP contribution in [0.1, 0.15) is 5.56 Å². The van der Waals surface area contributed by atoms with Gasteiger partial charge in [0.25, 0.3) is 5.24 Å². The molecule has 25 heavy (non-hydrogen) atoms. The van der Waals surface area contributed by atoms with Crippen LogP contribution in [0.4, 0.5) is 10.5 Å². The third-order valence-electron chi connectivity index (χ3n) is 3.76. The highest BCUT2D eigenvalue weighted by atomic mass is 32.1. The van der Waals surface area contributed by atoms with Crippen LogP contribution in [-0.2, 0) is 0 Å². The Balaban J connectivity index is 1.72. The maximum absolute atomic E-state index is 11.7. The van der Waals surface area contributed by atoms with Crippen LogP contribution in [0.5, 0.6) is 0 Å². The summed E-state index contributed by atoms with van der Waals surface area (Å²) in [5.74, 6) is 6.15. The minimum atomic E-state index is -0.320. The fourth-order valence-corrected chi connectivity index (χ4v) is 2.66. The molecule has 0 aromatic heterocycles. The molecule has 0 heterocycles. The normalized spacial score (nSPS) is 9.80. The molecule has 0 spiro atoms. The van der Waals surface area contributed by atoms with Gasteiger partial charge in [0.15, 0.2) is 0 Å². The van der Waals surface area contributed by atoms with Gasteiger partial charge in [-0.3, -0.25) is 9.69 Å². The zero-order valence-corrected chi connectivity index (χ0v) is 14.5. The van der Waals surface area contributed by atoms with Crippen LogP contribution in [0.25, 0.3) is 11.1 Å². The summed E-state index contributed by atoms with van der Waals surface area (Å²) in [4.78, 5) is 13.2. The van der Waals surface area contributed by atoms with Crippen LogP contribution in [0, 0.1) is 11.8 Å². The number of hydrogen-bond acceptors (Lipinski definition) is 1. The molecule has 0 aliphatic carbocycles. The molecule has 0 atom stereocenters. The topological polar surface area (TPSA) is 20.3 Å². The number of para-hydroxylation sites is 1. The second-order valence-corrected chi connectivity index (χ2v) is 5.83. The van der Waals surface area contributed by atoms with Crippen LogP contribution >= 0.6 is 12.6 Å². The van der Waals surface area contributed by atoms with Crippen molar-refractivity contribution < 1.29 is 4.79 Å². The van der Waals surface area contributed by atoms with Gasteiger partial charge in [-0.05, 0) is 35.4 Å². The molecule has 0 aliphatic heterocycles. The Labute approximate surface area is 153 Å². The van der Waals surface area contributed by atoms with Gasteiger partial charge in [-0.15, -0.1) is 0 Å². The van der Waals surface area contributed by atoms with Crippen molar-refractivity contribution in [2.45, 2.75) is 0 Å². The Morgan fingerprint density at radius 2 is 1.36 bits per heavy atom. The van der Waals surface area contributed by atoms with Crippen molar-refractivity contribution in [1.82, 2.24) is 0 Å². The third kappa shape index (κ3) is 4.53. The minimum Gasteiger partial charge on any atom is -0.292 e. The van der Waals surface area contributed by atoms with Gasteiger partial charge in [-0.2, -0.15) is 0 Å². The molecule has 0 fully saturated rings. The highest BCUT2D eigenvalue weighted by Crippen LogP contribution is 2.19. The second-order valence-electron chi connectivity index (χ2n) is 5.45. The first-order valence-electron chi connectivity index (χ1n) is 7.94. The molecule has 0 saturated carbocycles. The lowest BCUT2D eigenvalue weighted by atomic mass is 10.0. The van der Waals surface area contributed by atoms with Gasteiger partial charge in [0, 0.05) is 11.3 Å². The molecule has 0 bridgehead atoms. The van der Waals surface area contributed by atoms with Crippen molar-refractivity contribution in [1.29, 1.82) is 0 Å². The Bertz CT molecular complexity index is 894. The van der Waals surface area contributed by atoms with E-state index in [1.807, 2.05) is 60.7 Å². The number of benzene rings is 3. The fourth-order valence-electron chi connectivity index (χ4n) is 2.47. The molecule has 3 aromatic rings. The van der Waals surface area contributed by atoms with Crippen molar-refractivity contribution in [3.05, 3.63) is 90.5 Å². The molecule has 122 valence electrons. The first-order chi connectivity index (χ1) is 12.2. The van der Waals surface area contributed by atoms with Crippen molar-refractivity contribution >= 4 is 23.6 Å². The van der Waals surface area contributed by atoms with Gasteiger partial charge < -0.3 is 0 Å². The maximum Gasteiger partial charge on any atom is 0.283 e. The van der Waals surface area contributed by atoms with Crippen LogP contribution in [0.3, 0.4) is 0 Å². The molecule has 0 N–H and O–H groups in total. The van der Waals surface area contributed by atoms with Crippen LogP contribution in [-0.4, -0.2) is 11.8 Å². The predicted octanol–water partition coefficient (Wildman–Crippen LogP) is 5.26. The van der Waals surface area contributed by atoms with Gasteiger partial charge in [0.05, 0.1) is 6.54 Å². The number of hydrogen-bond donors (Lipinski definition) is 1. The van der Waals surface area contributed by atoms with Crippen LogP contribution in [0.2, 0.25) is 0 Å². The van der Waals surface area contributed by atoms with Gasteiger partial charge in [0.2, 0.25) is 0 Å². The van der Waals surface area contributed by atoms with E-state index in [0.717, 1.165) is 16.8 Å². The van der Waals surface area contributed by atoms with E-state index in [1.54, 1.807) is 0 Å². The smallest absolute Gasteiger partial charge is 0.283 e. The van der Waals surface area contributed by atoms with Crippen molar-refractivity contribution in [2.24, 2.45) is 0 Å². The summed E-state index contributed by atoms with van der Waals surface area (Å²) in [7, 11) is 0. The number of carbonyl (C=O) groups is 1. The summed E-state index contributed by atoms with van der Waals surface area (Å²) in [6, 6.07) is 27.7. The Morgan fingerprint density at radius 3 is 1.96 bits per heavy atom. The Morgan fingerprint density at radius 1 is 0.800 bits per heavy atom. The van der Waals surface area contributed by atoms with E-state index in [1.165, 1.54) is 10.5 Å². The molecule has 0 saturated heterocycles. The third-order valence-corrected chi connectivity index (χ3v) is 4.00. The summed E-state index contributed by atoms with van der Waals surface area (Å²) >= 11 is 3.94. The quantitative estimate of drug-likeness (QED) is 0.508. The highest BCUT2D eigenvalue weighted by Gasteiger charge is 2.09. The summed E-state index contributed by atoms with van der Waals surface area (Å²) < 4.78 is 0. The molecule has 1 amide bonds. The van der Waals surface area contributed by atoms with E-state index < -0.39 is 0 Å². The van der Waals surface area contributed by atoms with Crippen molar-refractivity contribution in [3.8, 4) is 23.0 Å². The molecule has 3 aromatic carbocycles. The van der Waals surface area contributed by atoms with E-state index in [9.17, 15) is 4.79 Å². The van der Waals surface area contributed by atoms with Crippen LogP contribution < -0.4 is 4.90 Å². The average Bonchev–Trinajstić information content (AvgIpc) is 2.67. The number of carbonyl (C=O) groups excluding carboxylic acids is 1. The zero-order chi connectivity index (χ0) is 17.5. The number of nitrogens with zero attached hydrogens (tertiary/aromatic N) is 1. The van der Waals surface area contributed by atoms with Crippen molar-refractivity contribution in [2.75, 3.05) is 11.4 Å². The standard InChI is InChI=1S/C22H17NOS/c24-22(25)23(21-11-5-2-6-12-21)17-7-8-18-13-15-20(16-14-18)19-9-3-1-4-10-19/h1-6,9-16H,17H2,(H,24,25). The Kier molecular flexibility index (Phi) is 5.56. The minimum absolute atomic E-state index is 0.298. The van der Waals surface area contributed by atoms with Crippen LogP contribution in [0.15, 0.2) is 84.9 Å². The monoisotopic (exact) mass is 343 g/mol. The first-order valence-corrected chi connectivity index (χ1v) is 8.38. The zero-order valence-electron chi connectivity index (χ0n) is 13.6. The molecule has 2 nitrogen and oxygen atoms in total. The molecular formula is C22H17NOS. The molecular weight excluding hydrogens is 326 g/mol.